The molecule has 150 valence electrons. The van der Waals surface area contributed by atoms with E-state index in [4.69, 9.17) is 4.74 Å². The molecule has 6 nitrogen and oxygen atoms in total. The number of benzene rings is 1. The van der Waals surface area contributed by atoms with Crippen molar-refractivity contribution in [3.05, 3.63) is 69.8 Å². The van der Waals surface area contributed by atoms with Crippen molar-refractivity contribution in [1.29, 1.82) is 0 Å². The number of carbonyl (C=O) groups is 1. The number of likely N-dealkylation sites (tertiary alicyclic amines) is 1. The van der Waals surface area contributed by atoms with Crippen molar-refractivity contribution in [3.8, 4) is 5.75 Å². The zero-order chi connectivity index (χ0) is 20.5. The molecule has 2 aromatic heterocycles. The second-order valence-electron chi connectivity index (χ2n) is 7.70. The molecule has 1 aliphatic heterocycles. The first-order valence-corrected chi connectivity index (χ1v) is 9.91. The molecule has 0 radical (unpaired) electrons. The molecule has 0 atom stereocenters. The molecule has 0 spiro atoms. The molecule has 0 N–H and O–H groups in total. The van der Waals surface area contributed by atoms with E-state index in [-0.39, 0.29) is 17.6 Å². The minimum atomic E-state index is -0.0753. The number of hydrogen-bond donors (Lipinski definition) is 0. The predicted molar refractivity (Wildman–Crippen MR) is 112 cm³/mol. The first kappa shape index (κ1) is 19.2. The van der Waals surface area contributed by atoms with Gasteiger partial charge in [0, 0.05) is 61.9 Å². The van der Waals surface area contributed by atoms with E-state index in [1.54, 1.807) is 17.8 Å². The monoisotopic (exact) mass is 391 g/mol. The van der Waals surface area contributed by atoms with E-state index in [0.29, 0.717) is 24.4 Å². The zero-order valence-electron chi connectivity index (χ0n) is 17.0. The molecule has 3 heterocycles. The van der Waals surface area contributed by atoms with Gasteiger partial charge in [0.2, 0.25) is 0 Å². The quantitative estimate of drug-likeness (QED) is 0.688. The van der Waals surface area contributed by atoms with Crippen LogP contribution in [0.1, 0.15) is 34.5 Å². The molecule has 4 rings (SSSR count). The van der Waals surface area contributed by atoms with Gasteiger partial charge in [-0.1, -0.05) is 0 Å². The van der Waals surface area contributed by atoms with Crippen LogP contribution in [0.5, 0.6) is 5.75 Å². The van der Waals surface area contributed by atoms with E-state index < -0.39 is 0 Å². The molecule has 0 bridgehead atoms. The Kier molecular flexibility index (Phi) is 5.09. The van der Waals surface area contributed by atoms with Crippen LogP contribution >= 0.6 is 0 Å². The molecule has 1 aliphatic rings. The highest BCUT2D eigenvalue weighted by molar-refractivity contribution is 5.98. The van der Waals surface area contributed by atoms with Gasteiger partial charge in [-0.3, -0.25) is 14.6 Å². The lowest BCUT2D eigenvalue weighted by Crippen LogP contribution is -2.41. The molecule has 6 heteroatoms. The van der Waals surface area contributed by atoms with Crippen molar-refractivity contribution in [2.75, 3.05) is 13.1 Å². The number of ether oxygens (including phenoxy) is 1. The van der Waals surface area contributed by atoms with Crippen LogP contribution in [0.15, 0.2) is 47.4 Å². The maximum Gasteiger partial charge on any atom is 0.254 e. The Morgan fingerprint density at radius 2 is 1.86 bits per heavy atom. The molecule has 1 aromatic carbocycles. The average Bonchev–Trinajstić information content (AvgIpc) is 2.72. The van der Waals surface area contributed by atoms with Gasteiger partial charge in [0.25, 0.3) is 11.5 Å². The third-order valence-electron chi connectivity index (χ3n) is 5.71. The second-order valence-corrected chi connectivity index (χ2v) is 7.70. The van der Waals surface area contributed by atoms with Gasteiger partial charge in [-0.2, -0.15) is 0 Å². The summed E-state index contributed by atoms with van der Waals surface area (Å²) in [7, 11) is 1.75. The Morgan fingerprint density at radius 1 is 1.10 bits per heavy atom. The predicted octanol–water partition coefficient (Wildman–Crippen LogP) is 3.23. The van der Waals surface area contributed by atoms with Crippen LogP contribution in [0.25, 0.3) is 10.9 Å². The normalized spacial score (nSPS) is 14.9. The fourth-order valence-corrected chi connectivity index (χ4v) is 3.77. The van der Waals surface area contributed by atoms with E-state index in [1.807, 2.05) is 49.1 Å². The molecule has 1 saturated heterocycles. The molecule has 1 fully saturated rings. The van der Waals surface area contributed by atoms with Gasteiger partial charge in [0.15, 0.2) is 0 Å². The van der Waals surface area contributed by atoms with Crippen molar-refractivity contribution in [2.45, 2.75) is 32.8 Å². The Balaban J connectivity index is 1.42. The number of hydrogen-bond acceptors (Lipinski definition) is 4. The summed E-state index contributed by atoms with van der Waals surface area (Å²) in [6.07, 6.45) is 3.28. The number of aryl methyl sites for hydroxylation is 2. The first-order chi connectivity index (χ1) is 13.9. The summed E-state index contributed by atoms with van der Waals surface area (Å²) in [5.74, 6) is 0.644. The van der Waals surface area contributed by atoms with Crippen LogP contribution < -0.4 is 10.3 Å². The molecular formula is C23H25N3O3. The number of nitrogens with zero attached hydrogens (tertiary/aromatic N) is 3. The fraction of sp³-hybridized carbons (Fsp3) is 0.348. The Hall–Kier alpha value is -3.15. The van der Waals surface area contributed by atoms with Crippen molar-refractivity contribution in [3.63, 3.8) is 0 Å². The van der Waals surface area contributed by atoms with Crippen LogP contribution in [0.2, 0.25) is 0 Å². The maximum atomic E-state index is 13.0. The fourth-order valence-electron chi connectivity index (χ4n) is 3.77. The number of aromatic nitrogens is 2. The van der Waals surface area contributed by atoms with Crippen LogP contribution in [-0.4, -0.2) is 39.6 Å². The summed E-state index contributed by atoms with van der Waals surface area (Å²) in [6.45, 7) is 5.19. The van der Waals surface area contributed by atoms with Crippen LogP contribution in [0, 0.1) is 13.8 Å². The van der Waals surface area contributed by atoms with E-state index in [9.17, 15) is 9.59 Å². The minimum Gasteiger partial charge on any atom is -0.490 e. The van der Waals surface area contributed by atoms with Gasteiger partial charge >= 0.3 is 0 Å². The average molecular weight is 391 g/mol. The van der Waals surface area contributed by atoms with Gasteiger partial charge in [0.1, 0.15) is 11.9 Å². The summed E-state index contributed by atoms with van der Waals surface area (Å²) in [5.41, 5.74) is 3.49. The summed E-state index contributed by atoms with van der Waals surface area (Å²) in [6, 6.07) is 11.1. The summed E-state index contributed by atoms with van der Waals surface area (Å²) >= 11 is 0. The Bertz CT molecular complexity index is 1130. The van der Waals surface area contributed by atoms with Crippen LogP contribution in [0.3, 0.4) is 0 Å². The highest BCUT2D eigenvalue weighted by Crippen LogP contribution is 2.22. The van der Waals surface area contributed by atoms with Crippen molar-refractivity contribution in [1.82, 2.24) is 14.5 Å². The molecule has 3 aromatic rings. The van der Waals surface area contributed by atoms with E-state index in [1.165, 1.54) is 6.07 Å². The van der Waals surface area contributed by atoms with E-state index in [2.05, 4.69) is 4.98 Å². The Morgan fingerprint density at radius 3 is 2.59 bits per heavy atom. The molecule has 29 heavy (non-hydrogen) atoms. The highest BCUT2D eigenvalue weighted by atomic mass is 16.5. The molecule has 0 saturated carbocycles. The molecular weight excluding hydrogens is 366 g/mol. The maximum absolute atomic E-state index is 13.0. The van der Waals surface area contributed by atoms with E-state index in [0.717, 1.165) is 35.0 Å². The summed E-state index contributed by atoms with van der Waals surface area (Å²) in [4.78, 5) is 31.1. The van der Waals surface area contributed by atoms with Gasteiger partial charge in [-0.05, 0) is 49.7 Å². The van der Waals surface area contributed by atoms with Gasteiger partial charge in [-0.25, -0.2) is 0 Å². The lowest BCUT2D eigenvalue weighted by atomic mass is 10.0. The third kappa shape index (κ3) is 3.88. The number of pyridine rings is 2. The van der Waals surface area contributed by atoms with Gasteiger partial charge in [0.05, 0.1) is 5.52 Å². The minimum absolute atomic E-state index is 0.00797. The Labute approximate surface area is 169 Å². The van der Waals surface area contributed by atoms with Crippen molar-refractivity contribution in [2.24, 2.45) is 7.05 Å². The first-order valence-electron chi connectivity index (χ1n) is 9.91. The van der Waals surface area contributed by atoms with Crippen molar-refractivity contribution >= 4 is 16.8 Å². The molecule has 1 amide bonds. The lowest BCUT2D eigenvalue weighted by molar-refractivity contribution is 0.0595. The third-order valence-corrected chi connectivity index (χ3v) is 5.71. The van der Waals surface area contributed by atoms with Gasteiger partial charge < -0.3 is 14.2 Å². The summed E-state index contributed by atoms with van der Waals surface area (Å²) in [5, 5.41) is 1.01. The lowest BCUT2D eigenvalue weighted by Gasteiger charge is -2.32. The number of fused-ring (bicyclic) bond motifs is 1. The number of rotatable bonds is 3. The zero-order valence-corrected chi connectivity index (χ0v) is 17.0. The topological polar surface area (TPSA) is 64.4 Å². The van der Waals surface area contributed by atoms with Crippen LogP contribution in [-0.2, 0) is 7.05 Å². The largest absolute Gasteiger partial charge is 0.490 e. The molecule has 0 aliphatic carbocycles. The SMILES string of the molecule is Cc1ccnc2ccc(C(=O)N3CCC(Oc4cc(C)n(C)c(=O)c4)CC3)cc12. The standard InChI is InChI=1S/C23H25N3O3/c1-15-6-9-24-21-5-4-17(13-20(15)21)23(28)26-10-7-18(8-11-26)29-19-12-16(2)25(3)22(27)14-19/h4-6,9,12-14,18H,7-8,10-11H2,1-3H3. The summed E-state index contributed by atoms with van der Waals surface area (Å²) < 4.78 is 7.61. The highest BCUT2D eigenvalue weighted by Gasteiger charge is 2.25. The van der Waals surface area contributed by atoms with Crippen LogP contribution in [0.4, 0.5) is 0 Å². The van der Waals surface area contributed by atoms with Crippen molar-refractivity contribution < 1.29 is 9.53 Å². The second kappa shape index (κ2) is 7.70. The number of piperidine rings is 1. The van der Waals surface area contributed by atoms with Gasteiger partial charge in [-0.15, -0.1) is 0 Å². The number of amides is 1. The smallest absolute Gasteiger partial charge is 0.254 e. The van der Waals surface area contributed by atoms with E-state index >= 15 is 0 Å². The molecule has 0 unspecified atom stereocenters. The number of carbonyl (C=O) groups excluding carboxylic acids is 1.